The standard InChI is InChI=1S/C23H15Cl2FN2O3S2/c1-33(30,31)19-5-3-2-4-18(19)21-20(13-6-8-17(26)9-7-13)27-23(32-21)28-22(29)14-10-15(24)12-16(25)11-14/h2-12H,1H3,(H,27,28,29). The van der Waals surface area contributed by atoms with E-state index in [0.29, 0.717) is 31.7 Å². The topological polar surface area (TPSA) is 76.1 Å². The molecule has 0 spiro atoms. The van der Waals surface area contributed by atoms with Crippen LogP contribution in [-0.4, -0.2) is 25.6 Å². The average molecular weight is 521 g/mol. The van der Waals surface area contributed by atoms with Crippen LogP contribution in [0.3, 0.4) is 0 Å². The predicted molar refractivity (Wildman–Crippen MR) is 130 cm³/mol. The molecule has 3 aromatic carbocycles. The van der Waals surface area contributed by atoms with Gasteiger partial charge in [0.1, 0.15) is 5.82 Å². The third kappa shape index (κ3) is 5.25. The fourth-order valence-corrected chi connectivity index (χ4v) is 5.70. The lowest BCUT2D eigenvalue weighted by atomic mass is 10.1. The molecular weight excluding hydrogens is 506 g/mol. The number of anilines is 1. The summed E-state index contributed by atoms with van der Waals surface area (Å²) in [4.78, 5) is 17.9. The molecular formula is C23H15Cl2FN2O3S2. The number of halogens is 3. The summed E-state index contributed by atoms with van der Waals surface area (Å²) in [6, 6.07) is 16.6. The Hall–Kier alpha value is -2.78. The lowest BCUT2D eigenvalue weighted by molar-refractivity contribution is 0.102. The molecule has 1 aromatic heterocycles. The number of sulfone groups is 1. The summed E-state index contributed by atoms with van der Waals surface area (Å²) in [7, 11) is -3.55. The van der Waals surface area contributed by atoms with E-state index in [1.54, 1.807) is 30.3 Å². The van der Waals surface area contributed by atoms with E-state index in [9.17, 15) is 17.6 Å². The monoisotopic (exact) mass is 520 g/mol. The second-order valence-electron chi connectivity index (χ2n) is 7.08. The Kier molecular flexibility index (Phi) is 6.54. The molecule has 0 atom stereocenters. The first kappa shape index (κ1) is 23.4. The number of hydrogen-bond acceptors (Lipinski definition) is 5. The molecule has 4 rings (SSSR count). The van der Waals surface area contributed by atoms with Crippen molar-refractivity contribution in [1.29, 1.82) is 0 Å². The fourth-order valence-electron chi connectivity index (χ4n) is 3.19. The summed E-state index contributed by atoms with van der Waals surface area (Å²) in [6.45, 7) is 0. The Morgan fingerprint density at radius 1 is 1.00 bits per heavy atom. The van der Waals surface area contributed by atoms with Gasteiger partial charge < -0.3 is 0 Å². The van der Waals surface area contributed by atoms with Gasteiger partial charge in [-0.1, -0.05) is 52.7 Å². The van der Waals surface area contributed by atoms with Gasteiger partial charge in [0, 0.05) is 33.0 Å². The number of amides is 1. The molecule has 0 saturated heterocycles. The van der Waals surface area contributed by atoms with E-state index in [2.05, 4.69) is 10.3 Å². The lowest BCUT2D eigenvalue weighted by Gasteiger charge is -2.08. The first-order valence-electron chi connectivity index (χ1n) is 9.45. The van der Waals surface area contributed by atoms with Crippen molar-refractivity contribution in [3.8, 4) is 21.7 Å². The maximum Gasteiger partial charge on any atom is 0.257 e. The van der Waals surface area contributed by atoms with Gasteiger partial charge in [-0.25, -0.2) is 17.8 Å². The van der Waals surface area contributed by atoms with Crippen LogP contribution >= 0.6 is 34.5 Å². The molecule has 33 heavy (non-hydrogen) atoms. The summed E-state index contributed by atoms with van der Waals surface area (Å²) in [5, 5.41) is 3.55. The molecule has 0 fully saturated rings. The van der Waals surface area contributed by atoms with Crippen LogP contribution in [0.1, 0.15) is 10.4 Å². The van der Waals surface area contributed by atoms with E-state index in [1.165, 1.54) is 36.4 Å². The highest BCUT2D eigenvalue weighted by molar-refractivity contribution is 7.90. The van der Waals surface area contributed by atoms with Gasteiger partial charge in [0.25, 0.3) is 5.91 Å². The first-order valence-corrected chi connectivity index (χ1v) is 12.9. The minimum Gasteiger partial charge on any atom is -0.298 e. The van der Waals surface area contributed by atoms with Crippen molar-refractivity contribution in [3.05, 3.63) is 88.2 Å². The average Bonchev–Trinajstić information content (AvgIpc) is 3.16. The highest BCUT2D eigenvalue weighted by atomic mass is 35.5. The van der Waals surface area contributed by atoms with Crippen molar-refractivity contribution >= 4 is 55.4 Å². The first-order chi connectivity index (χ1) is 15.6. The SMILES string of the molecule is CS(=O)(=O)c1ccccc1-c1sc(NC(=O)c2cc(Cl)cc(Cl)c2)nc1-c1ccc(F)cc1. The van der Waals surface area contributed by atoms with E-state index in [0.717, 1.165) is 17.6 Å². The Bertz CT molecular complexity index is 1450. The van der Waals surface area contributed by atoms with Gasteiger partial charge in [-0.3, -0.25) is 10.1 Å². The lowest BCUT2D eigenvalue weighted by Crippen LogP contribution is -2.11. The van der Waals surface area contributed by atoms with Gasteiger partial charge in [0.15, 0.2) is 15.0 Å². The van der Waals surface area contributed by atoms with Crippen LogP contribution in [0.4, 0.5) is 9.52 Å². The Morgan fingerprint density at radius 3 is 2.27 bits per heavy atom. The van der Waals surface area contributed by atoms with E-state index >= 15 is 0 Å². The van der Waals surface area contributed by atoms with Gasteiger partial charge in [0.05, 0.1) is 15.5 Å². The van der Waals surface area contributed by atoms with Crippen LogP contribution in [0.5, 0.6) is 0 Å². The van der Waals surface area contributed by atoms with Gasteiger partial charge in [-0.05, 0) is 48.5 Å². The van der Waals surface area contributed by atoms with E-state index in [-0.39, 0.29) is 15.6 Å². The number of aromatic nitrogens is 1. The predicted octanol–water partition coefficient (Wildman–Crippen LogP) is 6.58. The third-order valence-corrected chi connectivity index (χ3v) is 7.22. The number of nitrogens with one attached hydrogen (secondary N) is 1. The molecule has 0 aliphatic rings. The zero-order valence-electron chi connectivity index (χ0n) is 17.0. The zero-order valence-corrected chi connectivity index (χ0v) is 20.1. The fraction of sp³-hybridized carbons (Fsp3) is 0.0435. The number of rotatable bonds is 5. The number of hydrogen-bond donors (Lipinski definition) is 1. The number of nitrogens with zero attached hydrogens (tertiary/aromatic N) is 1. The van der Waals surface area contributed by atoms with Gasteiger partial charge in [-0.15, -0.1) is 0 Å². The second kappa shape index (κ2) is 9.23. The largest absolute Gasteiger partial charge is 0.298 e. The third-order valence-electron chi connectivity index (χ3n) is 4.62. The molecule has 0 aliphatic carbocycles. The smallest absolute Gasteiger partial charge is 0.257 e. The quantitative estimate of drug-likeness (QED) is 0.322. The van der Waals surface area contributed by atoms with Crippen molar-refractivity contribution in [1.82, 2.24) is 4.98 Å². The summed E-state index contributed by atoms with van der Waals surface area (Å²) < 4.78 is 38.3. The normalized spacial score (nSPS) is 11.4. The van der Waals surface area contributed by atoms with E-state index in [4.69, 9.17) is 23.2 Å². The van der Waals surface area contributed by atoms with Gasteiger partial charge in [0.2, 0.25) is 0 Å². The minimum atomic E-state index is -3.55. The number of carbonyl (C=O) groups excluding carboxylic acids is 1. The minimum absolute atomic E-state index is 0.122. The molecule has 168 valence electrons. The Balaban J connectivity index is 1.83. The van der Waals surface area contributed by atoms with Crippen LogP contribution in [0.15, 0.2) is 71.6 Å². The maximum atomic E-state index is 13.5. The summed E-state index contributed by atoms with van der Waals surface area (Å²) >= 11 is 13.1. The van der Waals surface area contributed by atoms with Gasteiger partial charge in [-0.2, -0.15) is 0 Å². The molecule has 0 saturated carbocycles. The van der Waals surface area contributed by atoms with Crippen molar-refractivity contribution in [2.75, 3.05) is 11.6 Å². The molecule has 4 aromatic rings. The molecule has 1 amide bonds. The number of carbonyl (C=O) groups is 1. The van der Waals surface area contributed by atoms with Crippen LogP contribution in [0.2, 0.25) is 10.0 Å². The van der Waals surface area contributed by atoms with Crippen LogP contribution in [0.25, 0.3) is 21.7 Å². The van der Waals surface area contributed by atoms with Crippen LogP contribution in [0, 0.1) is 5.82 Å². The molecule has 0 radical (unpaired) electrons. The number of thiazole rings is 1. The molecule has 1 heterocycles. The zero-order chi connectivity index (χ0) is 23.8. The van der Waals surface area contributed by atoms with E-state index in [1.807, 2.05) is 0 Å². The molecule has 10 heteroatoms. The van der Waals surface area contributed by atoms with Crippen molar-refractivity contribution in [2.45, 2.75) is 4.90 Å². The highest BCUT2D eigenvalue weighted by Crippen LogP contribution is 2.41. The van der Waals surface area contributed by atoms with E-state index < -0.39 is 21.6 Å². The molecule has 5 nitrogen and oxygen atoms in total. The highest BCUT2D eigenvalue weighted by Gasteiger charge is 2.22. The molecule has 0 unspecified atom stereocenters. The maximum absolute atomic E-state index is 13.5. The van der Waals surface area contributed by atoms with Crippen molar-refractivity contribution < 1.29 is 17.6 Å². The van der Waals surface area contributed by atoms with Gasteiger partial charge >= 0.3 is 0 Å². The van der Waals surface area contributed by atoms with Crippen LogP contribution in [-0.2, 0) is 9.84 Å². The second-order valence-corrected chi connectivity index (χ2v) is 10.9. The summed E-state index contributed by atoms with van der Waals surface area (Å²) in [6.07, 6.45) is 1.12. The molecule has 0 aliphatic heterocycles. The van der Waals surface area contributed by atoms with Crippen molar-refractivity contribution in [3.63, 3.8) is 0 Å². The Morgan fingerprint density at radius 2 is 1.64 bits per heavy atom. The molecule has 1 N–H and O–H groups in total. The van der Waals surface area contributed by atoms with Crippen LogP contribution < -0.4 is 5.32 Å². The van der Waals surface area contributed by atoms with Crippen molar-refractivity contribution in [2.24, 2.45) is 0 Å². The summed E-state index contributed by atoms with van der Waals surface area (Å²) in [5.41, 5.74) is 1.65. The number of benzene rings is 3. The molecule has 0 bridgehead atoms. The Labute approximate surface area is 203 Å². The summed E-state index contributed by atoms with van der Waals surface area (Å²) in [5.74, 6) is -0.903.